The average Bonchev–Trinajstić information content (AvgIpc) is 2.68. The zero-order chi connectivity index (χ0) is 18.6. The maximum atomic E-state index is 12.1. The maximum absolute atomic E-state index is 12.1. The largest absolute Gasteiger partial charge is 0.497 e. The molecule has 1 N–H and O–H groups in total. The standard InChI is InChI=1S/C21H27NO3S/c1-17(26-20-11-9-19(24-2)10-12-20)21(23)22-14-6-15-25-16-13-18-7-4-3-5-8-18/h3-5,7-12,17H,6,13-16H2,1-2H3,(H,22,23). The molecule has 0 aliphatic carbocycles. The summed E-state index contributed by atoms with van der Waals surface area (Å²) in [6.45, 7) is 3.92. The van der Waals surface area contributed by atoms with Gasteiger partial charge in [-0.1, -0.05) is 30.3 Å². The van der Waals surface area contributed by atoms with Crippen molar-refractivity contribution in [3.8, 4) is 5.75 Å². The van der Waals surface area contributed by atoms with Crippen molar-refractivity contribution in [1.82, 2.24) is 5.32 Å². The van der Waals surface area contributed by atoms with Gasteiger partial charge < -0.3 is 14.8 Å². The molecule has 4 nitrogen and oxygen atoms in total. The molecule has 0 saturated heterocycles. The van der Waals surface area contributed by atoms with E-state index in [2.05, 4.69) is 17.4 Å². The molecule has 140 valence electrons. The monoisotopic (exact) mass is 373 g/mol. The zero-order valence-corrected chi connectivity index (χ0v) is 16.3. The van der Waals surface area contributed by atoms with Crippen LogP contribution in [-0.2, 0) is 16.0 Å². The number of rotatable bonds is 11. The second-order valence-electron chi connectivity index (χ2n) is 5.93. The van der Waals surface area contributed by atoms with Crippen LogP contribution in [-0.4, -0.2) is 38.0 Å². The van der Waals surface area contributed by atoms with Gasteiger partial charge in [0, 0.05) is 18.0 Å². The lowest BCUT2D eigenvalue weighted by molar-refractivity contribution is -0.120. The van der Waals surface area contributed by atoms with Gasteiger partial charge in [-0.2, -0.15) is 0 Å². The number of carbonyl (C=O) groups excluding carboxylic acids is 1. The molecule has 0 bridgehead atoms. The van der Waals surface area contributed by atoms with E-state index in [1.165, 1.54) is 5.56 Å². The number of hydrogen-bond donors (Lipinski definition) is 1. The van der Waals surface area contributed by atoms with Crippen LogP contribution in [0.4, 0.5) is 0 Å². The molecule has 0 radical (unpaired) electrons. The van der Waals surface area contributed by atoms with Crippen LogP contribution in [0.2, 0.25) is 0 Å². The lowest BCUT2D eigenvalue weighted by atomic mass is 10.2. The molecular formula is C21H27NO3S. The summed E-state index contributed by atoms with van der Waals surface area (Å²) in [7, 11) is 1.64. The van der Waals surface area contributed by atoms with Crippen LogP contribution in [0.15, 0.2) is 59.5 Å². The number of benzene rings is 2. The van der Waals surface area contributed by atoms with Gasteiger partial charge in [0.05, 0.1) is 19.0 Å². The molecule has 1 unspecified atom stereocenters. The molecular weight excluding hydrogens is 346 g/mol. The number of thioether (sulfide) groups is 1. The Kier molecular flexibility index (Phi) is 9.07. The van der Waals surface area contributed by atoms with E-state index in [-0.39, 0.29) is 11.2 Å². The van der Waals surface area contributed by atoms with E-state index in [0.717, 1.165) is 23.5 Å². The fourth-order valence-electron chi connectivity index (χ4n) is 2.38. The molecule has 0 spiro atoms. The third kappa shape index (κ3) is 7.50. The Hall–Kier alpha value is -1.98. The molecule has 0 fully saturated rings. The SMILES string of the molecule is COc1ccc(SC(C)C(=O)NCCCOCCc2ccccc2)cc1. The van der Waals surface area contributed by atoms with Gasteiger partial charge in [0.2, 0.25) is 5.91 Å². The van der Waals surface area contributed by atoms with E-state index in [1.807, 2.05) is 49.4 Å². The summed E-state index contributed by atoms with van der Waals surface area (Å²) in [4.78, 5) is 13.2. The molecule has 1 amide bonds. The van der Waals surface area contributed by atoms with Crippen LogP contribution in [0.25, 0.3) is 0 Å². The summed E-state index contributed by atoms with van der Waals surface area (Å²) in [5.74, 6) is 0.869. The molecule has 0 aliphatic rings. The molecule has 1 atom stereocenters. The molecule has 26 heavy (non-hydrogen) atoms. The van der Waals surface area contributed by atoms with Gasteiger partial charge in [0.1, 0.15) is 5.75 Å². The highest BCUT2D eigenvalue weighted by Gasteiger charge is 2.13. The fourth-order valence-corrected chi connectivity index (χ4v) is 3.27. The van der Waals surface area contributed by atoms with Gasteiger partial charge in [-0.05, 0) is 49.6 Å². The zero-order valence-electron chi connectivity index (χ0n) is 15.4. The predicted molar refractivity (Wildman–Crippen MR) is 107 cm³/mol. The number of hydrogen-bond acceptors (Lipinski definition) is 4. The molecule has 0 heterocycles. The van der Waals surface area contributed by atoms with E-state index in [4.69, 9.17) is 9.47 Å². The van der Waals surface area contributed by atoms with Crippen molar-refractivity contribution in [3.63, 3.8) is 0 Å². The highest BCUT2D eigenvalue weighted by molar-refractivity contribution is 8.00. The van der Waals surface area contributed by atoms with Crippen molar-refractivity contribution < 1.29 is 14.3 Å². The van der Waals surface area contributed by atoms with Gasteiger partial charge in [-0.25, -0.2) is 0 Å². The van der Waals surface area contributed by atoms with Crippen molar-refractivity contribution in [3.05, 3.63) is 60.2 Å². The van der Waals surface area contributed by atoms with Crippen LogP contribution in [0, 0.1) is 0 Å². The molecule has 0 aliphatic heterocycles. The van der Waals surface area contributed by atoms with Crippen molar-refractivity contribution in [1.29, 1.82) is 0 Å². The van der Waals surface area contributed by atoms with Gasteiger partial charge in [0.15, 0.2) is 0 Å². The number of methoxy groups -OCH3 is 1. The lowest BCUT2D eigenvalue weighted by Gasteiger charge is -2.12. The lowest BCUT2D eigenvalue weighted by Crippen LogP contribution is -2.32. The van der Waals surface area contributed by atoms with Crippen LogP contribution >= 0.6 is 11.8 Å². The van der Waals surface area contributed by atoms with E-state index in [1.54, 1.807) is 18.9 Å². The van der Waals surface area contributed by atoms with Crippen molar-refractivity contribution in [2.24, 2.45) is 0 Å². The molecule has 0 saturated carbocycles. The van der Waals surface area contributed by atoms with Crippen molar-refractivity contribution in [2.45, 2.75) is 29.9 Å². The van der Waals surface area contributed by atoms with E-state index in [9.17, 15) is 4.79 Å². The topological polar surface area (TPSA) is 47.6 Å². The second kappa shape index (κ2) is 11.6. The molecule has 2 aromatic carbocycles. The van der Waals surface area contributed by atoms with Crippen LogP contribution in [0.1, 0.15) is 18.9 Å². The Morgan fingerprint density at radius 2 is 1.81 bits per heavy atom. The quantitative estimate of drug-likeness (QED) is 0.479. The van der Waals surface area contributed by atoms with Crippen LogP contribution in [0.3, 0.4) is 0 Å². The van der Waals surface area contributed by atoms with E-state index < -0.39 is 0 Å². The first-order chi connectivity index (χ1) is 12.7. The minimum Gasteiger partial charge on any atom is -0.497 e. The number of carbonyl (C=O) groups is 1. The minimum atomic E-state index is -0.137. The average molecular weight is 374 g/mol. The van der Waals surface area contributed by atoms with Gasteiger partial charge in [-0.3, -0.25) is 4.79 Å². The molecule has 0 aromatic heterocycles. The summed E-state index contributed by atoms with van der Waals surface area (Å²) < 4.78 is 10.8. The summed E-state index contributed by atoms with van der Waals surface area (Å²) >= 11 is 1.54. The van der Waals surface area contributed by atoms with Gasteiger partial charge >= 0.3 is 0 Å². The Labute approximate surface area is 160 Å². The number of amides is 1. The summed E-state index contributed by atoms with van der Waals surface area (Å²) in [5, 5.41) is 2.83. The van der Waals surface area contributed by atoms with Gasteiger partial charge in [0.25, 0.3) is 0 Å². The summed E-state index contributed by atoms with van der Waals surface area (Å²) in [6, 6.07) is 18.0. The third-order valence-corrected chi connectivity index (χ3v) is 5.00. The Bertz CT molecular complexity index is 646. The van der Waals surface area contributed by atoms with Crippen molar-refractivity contribution >= 4 is 17.7 Å². The fraction of sp³-hybridized carbons (Fsp3) is 0.381. The smallest absolute Gasteiger partial charge is 0.233 e. The summed E-state index contributed by atoms with van der Waals surface area (Å²) in [6.07, 6.45) is 1.74. The highest BCUT2D eigenvalue weighted by Crippen LogP contribution is 2.25. The predicted octanol–water partition coefficient (Wildman–Crippen LogP) is 3.94. The van der Waals surface area contributed by atoms with E-state index >= 15 is 0 Å². The Morgan fingerprint density at radius 3 is 2.50 bits per heavy atom. The molecule has 2 rings (SSSR count). The number of nitrogens with one attached hydrogen (secondary N) is 1. The summed E-state index contributed by atoms with van der Waals surface area (Å²) in [5.41, 5.74) is 1.28. The Morgan fingerprint density at radius 1 is 1.08 bits per heavy atom. The van der Waals surface area contributed by atoms with E-state index in [0.29, 0.717) is 19.8 Å². The van der Waals surface area contributed by atoms with Crippen LogP contribution < -0.4 is 10.1 Å². The second-order valence-corrected chi connectivity index (χ2v) is 7.34. The Balaban J connectivity index is 1.54. The molecule has 5 heteroatoms. The van der Waals surface area contributed by atoms with Gasteiger partial charge in [-0.15, -0.1) is 11.8 Å². The molecule has 2 aromatic rings. The van der Waals surface area contributed by atoms with Crippen LogP contribution in [0.5, 0.6) is 5.75 Å². The minimum absolute atomic E-state index is 0.0510. The third-order valence-electron chi connectivity index (χ3n) is 3.88. The first kappa shape index (κ1) is 20.3. The first-order valence-electron chi connectivity index (χ1n) is 8.89. The van der Waals surface area contributed by atoms with Crippen molar-refractivity contribution in [2.75, 3.05) is 26.9 Å². The normalized spacial score (nSPS) is 11.8. The number of ether oxygens (including phenoxy) is 2. The highest BCUT2D eigenvalue weighted by atomic mass is 32.2. The first-order valence-corrected chi connectivity index (χ1v) is 9.77. The maximum Gasteiger partial charge on any atom is 0.233 e.